The van der Waals surface area contributed by atoms with Gasteiger partial charge in [-0.05, 0) is 5.56 Å². The molecule has 0 spiro atoms. The molecule has 2 rings (SSSR count). The van der Waals surface area contributed by atoms with Crippen LogP contribution in [0.25, 0.3) is 5.57 Å². The van der Waals surface area contributed by atoms with Gasteiger partial charge in [0.25, 0.3) is 5.91 Å². The molecule has 1 atom stereocenters. The monoisotopic (exact) mass is 219 g/mol. The molecule has 4 heteroatoms. The van der Waals surface area contributed by atoms with Crippen LogP contribution in [0, 0.1) is 0 Å². The average Bonchev–Trinajstić information content (AvgIpc) is 2.55. The van der Waals surface area contributed by atoms with Crippen LogP contribution >= 0.6 is 0 Å². The second-order valence-electron chi connectivity index (χ2n) is 3.53. The Balaban J connectivity index is 2.36. The second-order valence-corrected chi connectivity index (χ2v) is 3.53. The third kappa shape index (κ3) is 1.62. The van der Waals surface area contributed by atoms with E-state index in [4.69, 9.17) is 0 Å². The highest BCUT2D eigenvalue weighted by Gasteiger charge is 2.35. The molecule has 1 unspecified atom stereocenters. The first kappa shape index (κ1) is 10.5. The van der Waals surface area contributed by atoms with Gasteiger partial charge in [-0.15, -0.1) is 0 Å². The van der Waals surface area contributed by atoms with Crippen molar-refractivity contribution in [2.24, 2.45) is 0 Å². The maximum absolute atomic E-state index is 13.9. The first-order valence-corrected chi connectivity index (χ1v) is 4.86. The summed E-state index contributed by atoms with van der Waals surface area (Å²) < 4.78 is 13.9. The fraction of sp³-hybridized carbons (Fsp3) is 0.167. The molecular weight excluding hydrogens is 209 g/mol. The first-order chi connectivity index (χ1) is 7.61. The molecule has 1 aromatic rings. The van der Waals surface area contributed by atoms with E-state index >= 15 is 0 Å². The van der Waals surface area contributed by atoms with Gasteiger partial charge in [0.15, 0.2) is 0 Å². The number of alkyl halides is 1. The predicted molar refractivity (Wildman–Crippen MR) is 56.8 cm³/mol. The Morgan fingerprint density at radius 1 is 1.31 bits per heavy atom. The molecule has 1 aliphatic heterocycles. The Morgan fingerprint density at radius 3 is 2.44 bits per heavy atom. The van der Waals surface area contributed by atoms with Crippen molar-refractivity contribution in [3.05, 3.63) is 42.0 Å². The number of hydrogen-bond donors (Lipinski definition) is 0. The van der Waals surface area contributed by atoms with Crippen LogP contribution in [0.2, 0.25) is 0 Å². The molecular formula is C12H10FNO2. The van der Waals surface area contributed by atoms with Crippen molar-refractivity contribution >= 4 is 17.4 Å². The van der Waals surface area contributed by atoms with Crippen molar-refractivity contribution < 1.29 is 14.0 Å². The minimum atomic E-state index is -1.67. The van der Waals surface area contributed by atoms with E-state index in [1.54, 1.807) is 30.3 Å². The summed E-state index contributed by atoms with van der Waals surface area (Å²) in [6.07, 6.45) is -0.506. The average molecular weight is 219 g/mol. The number of imide groups is 1. The Morgan fingerprint density at radius 2 is 1.94 bits per heavy atom. The number of hydrogen-bond acceptors (Lipinski definition) is 2. The number of carbonyl (C=O) groups is 2. The highest BCUT2D eigenvalue weighted by atomic mass is 19.1. The van der Waals surface area contributed by atoms with Crippen LogP contribution in [0.5, 0.6) is 0 Å². The highest BCUT2D eigenvalue weighted by molar-refractivity contribution is 6.09. The van der Waals surface area contributed by atoms with Gasteiger partial charge in [-0.1, -0.05) is 30.3 Å². The normalized spacial score (nSPS) is 19.9. The maximum Gasteiger partial charge on any atom is 0.256 e. The molecule has 0 fully saturated rings. The smallest absolute Gasteiger partial charge is 0.256 e. The summed E-state index contributed by atoms with van der Waals surface area (Å²) in [6, 6.07) is 8.72. The Hall–Kier alpha value is -1.97. The van der Waals surface area contributed by atoms with Gasteiger partial charge in [-0.25, -0.2) is 9.29 Å². The predicted octanol–water partition coefficient (Wildman–Crippen LogP) is 1.75. The third-order valence-electron chi connectivity index (χ3n) is 2.45. The second kappa shape index (κ2) is 3.89. The van der Waals surface area contributed by atoms with E-state index in [0.29, 0.717) is 10.5 Å². The van der Waals surface area contributed by atoms with E-state index in [1.165, 1.54) is 13.0 Å². The largest absolute Gasteiger partial charge is 0.275 e. The summed E-state index contributed by atoms with van der Waals surface area (Å²) in [7, 11) is 0. The molecule has 2 amide bonds. The van der Waals surface area contributed by atoms with Gasteiger partial charge >= 0.3 is 0 Å². The third-order valence-corrected chi connectivity index (χ3v) is 2.45. The van der Waals surface area contributed by atoms with E-state index in [1.807, 2.05) is 0 Å². The number of benzene rings is 1. The molecule has 0 N–H and O–H groups in total. The van der Waals surface area contributed by atoms with Crippen molar-refractivity contribution in [2.75, 3.05) is 0 Å². The Bertz CT molecular complexity index is 467. The van der Waals surface area contributed by atoms with E-state index < -0.39 is 18.1 Å². The number of nitrogens with zero attached hydrogens (tertiary/aromatic N) is 1. The molecule has 0 saturated carbocycles. The molecule has 0 aliphatic carbocycles. The minimum Gasteiger partial charge on any atom is -0.275 e. The van der Waals surface area contributed by atoms with Crippen LogP contribution in [0.15, 0.2) is 36.4 Å². The van der Waals surface area contributed by atoms with Gasteiger partial charge < -0.3 is 0 Å². The molecule has 0 saturated heterocycles. The lowest BCUT2D eigenvalue weighted by Crippen LogP contribution is -2.36. The SMILES string of the molecule is CC(=O)N1C(=O)C=C(c2ccccc2)C1F. The molecule has 82 valence electrons. The molecule has 3 nitrogen and oxygen atoms in total. The van der Waals surface area contributed by atoms with Crippen molar-refractivity contribution in [3.8, 4) is 0 Å². The van der Waals surface area contributed by atoms with Gasteiger partial charge in [-0.3, -0.25) is 9.59 Å². The van der Waals surface area contributed by atoms with Crippen LogP contribution < -0.4 is 0 Å². The number of carbonyl (C=O) groups excluding carboxylic acids is 2. The molecule has 1 aromatic carbocycles. The summed E-state index contributed by atoms with van der Waals surface area (Å²) in [5, 5.41) is 0. The summed E-state index contributed by atoms with van der Waals surface area (Å²) in [6.45, 7) is 1.17. The van der Waals surface area contributed by atoms with Gasteiger partial charge in [0.05, 0.1) is 0 Å². The molecule has 0 bridgehead atoms. The number of rotatable bonds is 1. The van der Waals surface area contributed by atoms with E-state index in [-0.39, 0.29) is 5.57 Å². The van der Waals surface area contributed by atoms with Crippen LogP contribution in [0.1, 0.15) is 12.5 Å². The molecule has 1 aliphatic rings. The van der Waals surface area contributed by atoms with Crippen LogP contribution in [-0.4, -0.2) is 23.0 Å². The number of amides is 2. The Labute approximate surface area is 92.2 Å². The van der Waals surface area contributed by atoms with Crippen molar-refractivity contribution in [3.63, 3.8) is 0 Å². The summed E-state index contributed by atoms with van der Waals surface area (Å²) in [5.74, 6) is -1.18. The molecule has 1 heterocycles. The highest BCUT2D eigenvalue weighted by Crippen LogP contribution is 2.29. The van der Waals surface area contributed by atoms with Crippen LogP contribution in [0.4, 0.5) is 4.39 Å². The van der Waals surface area contributed by atoms with Gasteiger partial charge in [0, 0.05) is 18.6 Å². The van der Waals surface area contributed by atoms with Crippen molar-refractivity contribution in [1.29, 1.82) is 0 Å². The summed E-state index contributed by atoms with van der Waals surface area (Å²) in [5.41, 5.74) is 0.855. The fourth-order valence-electron chi connectivity index (χ4n) is 1.69. The fourth-order valence-corrected chi connectivity index (χ4v) is 1.69. The van der Waals surface area contributed by atoms with Gasteiger partial charge in [0.2, 0.25) is 12.2 Å². The Kier molecular flexibility index (Phi) is 2.56. The quantitative estimate of drug-likeness (QED) is 0.675. The molecule has 16 heavy (non-hydrogen) atoms. The molecule has 0 radical (unpaired) electrons. The van der Waals surface area contributed by atoms with E-state index in [9.17, 15) is 14.0 Å². The summed E-state index contributed by atoms with van der Waals surface area (Å²) >= 11 is 0. The van der Waals surface area contributed by atoms with Crippen LogP contribution in [-0.2, 0) is 9.59 Å². The zero-order valence-corrected chi connectivity index (χ0v) is 8.68. The van der Waals surface area contributed by atoms with Gasteiger partial charge in [0.1, 0.15) is 0 Å². The van der Waals surface area contributed by atoms with Crippen molar-refractivity contribution in [1.82, 2.24) is 4.90 Å². The standard InChI is InChI=1S/C12H10FNO2/c1-8(15)14-11(16)7-10(12(14)13)9-5-3-2-4-6-9/h2-7,12H,1H3. The minimum absolute atomic E-state index is 0.237. The van der Waals surface area contributed by atoms with E-state index in [2.05, 4.69) is 0 Å². The first-order valence-electron chi connectivity index (χ1n) is 4.86. The topological polar surface area (TPSA) is 37.4 Å². The molecule has 0 aromatic heterocycles. The summed E-state index contributed by atoms with van der Waals surface area (Å²) in [4.78, 5) is 23.1. The lowest BCUT2D eigenvalue weighted by atomic mass is 10.1. The lowest BCUT2D eigenvalue weighted by molar-refractivity contribution is -0.143. The lowest BCUT2D eigenvalue weighted by Gasteiger charge is -2.16. The van der Waals surface area contributed by atoms with Crippen molar-refractivity contribution in [2.45, 2.75) is 13.2 Å². The maximum atomic E-state index is 13.9. The number of halogens is 1. The van der Waals surface area contributed by atoms with E-state index in [0.717, 1.165) is 0 Å². The van der Waals surface area contributed by atoms with Crippen LogP contribution in [0.3, 0.4) is 0 Å². The van der Waals surface area contributed by atoms with Gasteiger partial charge in [-0.2, -0.15) is 0 Å². The zero-order valence-electron chi connectivity index (χ0n) is 8.68. The zero-order chi connectivity index (χ0) is 11.7.